The molecule has 0 fully saturated rings. The highest BCUT2D eigenvalue weighted by atomic mass is 19.1. The molecule has 0 aliphatic heterocycles. The van der Waals surface area contributed by atoms with Crippen LogP contribution in [0.5, 0.6) is 11.5 Å². The highest BCUT2D eigenvalue weighted by Crippen LogP contribution is 2.36. The Morgan fingerprint density at radius 3 is 2.51 bits per heavy atom. The minimum atomic E-state index is -0.790. The third-order valence-corrected chi connectivity index (χ3v) is 6.00. The topological polar surface area (TPSA) is 126 Å². The molecule has 1 unspecified atom stereocenters. The molecule has 5 N–H and O–H groups in total. The summed E-state index contributed by atoms with van der Waals surface area (Å²) in [5, 5.41) is 11.0. The highest BCUT2D eigenvalue weighted by molar-refractivity contribution is 6.00. The summed E-state index contributed by atoms with van der Waals surface area (Å²) in [6, 6.07) is 16.5. The van der Waals surface area contributed by atoms with Crippen molar-refractivity contribution in [1.29, 1.82) is 5.41 Å². The molecule has 3 aromatic carbocycles. The van der Waals surface area contributed by atoms with Crippen LogP contribution >= 0.6 is 0 Å². The number of ether oxygens (including phenoxy) is 2. The number of nitrogens with one attached hydrogen (secondary N) is 3. The largest absolute Gasteiger partial charge is 0.494 e. The second-order valence-corrected chi connectivity index (χ2v) is 9.28. The van der Waals surface area contributed by atoms with Gasteiger partial charge in [0.2, 0.25) is 0 Å². The predicted molar refractivity (Wildman–Crippen MR) is 150 cm³/mol. The molecule has 39 heavy (non-hydrogen) atoms. The first-order chi connectivity index (χ1) is 18.7. The van der Waals surface area contributed by atoms with Gasteiger partial charge in [-0.15, -0.1) is 0 Å². The molecule has 0 radical (unpaired) electrons. The van der Waals surface area contributed by atoms with Gasteiger partial charge in [0.1, 0.15) is 23.5 Å². The molecular formula is C30H32FN5O3. The molecule has 202 valence electrons. The van der Waals surface area contributed by atoms with Crippen molar-refractivity contribution in [3.05, 3.63) is 95.2 Å². The monoisotopic (exact) mass is 529 g/mol. The van der Waals surface area contributed by atoms with Crippen molar-refractivity contribution >= 4 is 17.3 Å². The summed E-state index contributed by atoms with van der Waals surface area (Å²) in [5.41, 5.74) is 8.95. The Labute approximate surface area is 226 Å². The van der Waals surface area contributed by atoms with E-state index in [1.165, 1.54) is 13.0 Å². The minimum absolute atomic E-state index is 0.0520. The zero-order chi connectivity index (χ0) is 28.1. The maximum atomic E-state index is 16.0. The van der Waals surface area contributed by atoms with E-state index in [1.807, 2.05) is 32.9 Å². The number of amidine groups is 1. The van der Waals surface area contributed by atoms with Gasteiger partial charge in [0, 0.05) is 34.0 Å². The molecule has 1 heterocycles. The molecule has 4 aromatic rings. The number of aromatic amines is 1. The van der Waals surface area contributed by atoms with Crippen LogP contribution in [0.25, 0.3) is 11.3 Å². The Balaban J connectivity index is 1.85. The standard InChI is InChI=1S/C30H32FN5O3/c1-5-38-21-14-24(27(31)26(15-21)39-17(2)3)28(35-20-12-10-19(11-13-20)29(32)33)30-34-16-25(36-30)23-9-7-6-8-22(23)18(4)37/h6-17,28,35H,5H2,1-4H3,(H3,32,33)(H,34,36). The van der Waals surface area contributed by atoms with Crippen molar-refractivity contribution in [2.24, 2.45) is 5.73 Å². The summed E-state index contributed by atoms with van der Waals surface area (Å²) < 4.78 is 27.5. The van der Waals surface area contributed by atoms with E-state index in [1.54, 1.807) is 48.7 Å². The normalized spacial score (nSPS) is 11.7. The smallest absolute Gasteiger partial charge is 0.171 e. The van der Waals surface area contributed by atoms with Crippen molar-refractivity contribution < 1.29 is 18.7 Å². The van der Waals surface area contributed by atoms with E-state index in [-0.39, 0.29) is 29.0 Å². The second-order valence-electron chi connectivity index (χ2n) is 9.28. The van der Waals surface area contributed by atoms with E-state index < -0.39 is 11.9 Å². The van der Waals surface area contributed by atoms with Gasteiger partial charge < -0.3 is 25.5 Å². The van der Waals surface area contributed by atoms with Crippen LogP contribution in [0.2, 0.25) is 0 Å². The zero-order valence-electron chi connectivity index (χ0n) is 22.3. The van der Waals surface area contributed by atoms with Gasteiger partial charge in [-0.1, -0.05) is 24.3 Å². The van der Waals surface area contributed by atoms with Gasteiger partial charge in [-0.3, -0.25) is 10.2 Å². The summed E-state index contributed by atoms with van der Waals surface area (Å²) in [6.45, 7) is 7.40. The number of Topliss-reactive ketones (excluding diaryl/α,β-unsaturated/α-hetero) is 1. The van der Waals surface area contributed by atoms with E-state index in [0.29, 0.717) is 46.3 Å². The Hall–Kier alpha value is -4.66. The molecule has 8 nitrogen and oxygen atoms in total. The number of nitrogens with zero attached hydrogens (tertiary/aromatic N) is 1. The number of H-pyrrole nitrogens is 1. The number of hydrogen-bond donors (Lipinski definition) is 4. The van der Waals surface area contributed by atoms with Crippen LogP contribution in [0.4, 0.5) is 10.1 Å². The van der Waals surface area contributed by atoms with Crippen LogP contribution in [0, 0.1) is 11.2 Å². The van der Waals surface area contributed by atoms with Crippen molar-refractivity contribution in [3.8, 4) is 22.8 Å². The fourth-order valence-corrected chi connectivity index (χ4v) is 4.24. The van der Waals surface area contributed by atoms with E-state index in [0.717, 1.165) is 0 Å². The van der Waals surface area contributed by atoms with Crippen LogP contribution in [0.3, 0.4) is 0 Å². The zero-order valence-corrected chi connectivity index (χ0v) is 22.3. The lowest BCUT2D eigenvalue weighted by atomic mass is 10.0. The number of hydrogen-bond acceptors (Lipinski definition) is 6. The lowest BCUT2D eigenvalue weighted by molar-refractivity contribution is 0.101. The molecule has 0 aliphatic carbocycles. The third-order valence-electron chi connectivity index (χ3n) is 6.00. The Morgan fingerprint density at radius 1 is 1.15 bits per heavy atom. The van der Waals surface area contributed by atoms with Crippen LogP contribution in [0.1, 0.15) is 61.0 Å². The number of nitrogens with two attached hydrogens (primary N) is 1. The van der Waals surface area contributed by atoms with Gasteiger partial charge >= 0.3 is 0 Å². The Morgan fingerprint density at radius 2 is 1.87 bits per heavy atom. The molecule has 4 rings (SSSR count). The number of imidazole rings is 1. The maximum Gasteiger partial charge on any atom is 0.171 e. The number of aromatic nitrogens is 2. The summed E-state index contributed by atoms with van der Waals surface area (Å²) in [6.07, 6.45) is 1.37. The summed E-state index contributed by atoms with van der Waals surface area (Å²) >= 11 is 0. The van der Waals surface area contributed by atoms with Gasteiger partial charge in [-0.25, -0.2) is 9.37 Å². The number of rotatable bonds is 11. The van der Waals surface area contributed by atoms with Crippen molar-refractivity contribution in [2.45, 2.75) is 39.8 Å². The summed E-state index contributed by atoms with van der Waals surface area (Å²) in [4.78, 5) is 20.1. The van der Waals surface area contributed by atoms with Crippen molar-refractivity contribution in [1.82, 2.24) is 9.97 Å². The van der Waals surface area contributed by atoms with E-state index in [9.17, 15) is 4.79 Å². The molecule has 1 atom stereocenters. The molecule has 0 aliphatic rings. The summed E-state index contributed by atoms with van der Waals surface area (Å²) in [5.74, 6) is 0.265. The van der Waals surface area contributed by atoms with Crippen molar-refractivity contribution in [2.75, 3.05) is 11.9 Å². The minimum Gasteiger partial charge on any atom is -0.494 e. The fraction of sp³-hybridized carbons (Fsp3) is 0.233. The van der Waals surface area contributed by atoms with Gasteiger partial charge in [-0.2, -0.15) is 0 Å². The Kier molecular flexibility index (Phi) is 8.29. The van der Waals surface area contributed by atoms with Gasteiger partial charge in [0.15, 0.2) is 17.3 Å². The number of carbonyl (C=O) groups excluding carboxylic acids is 1. The van der Waals surface area contributed by atoms with E-state index in [4.69, 9.17) is 20.6 Å². The van der Waals surface area contributed by atoms with E-state index >= 15 is 4.39 Å². The number of ketones is 1. The first kappa shape index (κ1) is 27.4. The molecule has 0 saturated heterocycles. The molecule has 0 saturated carbocycles. The van der Waals surface area contributed by atoms with Crippen LogP contribution in [0.15, 0.2) is 66.9 Å². The highest BCUT2D eigenvalue weighted by Gasteiger charge is 2.26. The fourth-order valence-electron chi connectivity index (χ4n) is 4.24. The average Bonchev–Trinajstić information content (AvgIpc) is 3.39. The number of carbonyl (C=O) groups is 1. The molecule has 1 aromatic heterocycles. The van der Waals surface area contributed by atoms with Gasteiger partial charge in [-0.05, 0) is 58.0 Å². The third kappa shape index (κ3) is 6.26. The molecule has 0 spiro atoms. The lowest BCUT2D eigenvalue weighted by Gasteiger charge is -2.22. The lowest BCUT2D eigenvalue weighted by Crippen LogP contribution is -2.18. The number of halogens is 1. The second kappa shape index (κ2) is 11.8. The maximum absolute atomic E-state index is 16.0. The molecule has 9 heteroatoms. The molecular weight excluding hydrogens is 497 g/mol. The number of nitrogen functional groups attached to an aromatic ring is 1. The first-order valence-electron chi connectivity index (χ1n) is 12.7. The van der Waals surface area contributed by atoms with E-state index in [2.05, 4.69) is 15.3 Å². The average molecular weight is 530 g/mol. The predicted octanol–water partition coefficient (Wildman–Crippen LogP) is 6.09. The molecule has 0 bridgehead atoms. The van der Waals surface area contributed by atoms with Crippen molar-refractivity contribution in [3.63, 3.8) is 0 Å². The summed E-state index contributed by atoms with van der Waals surface area (Å²) in [7, 11) is 0. The Bertz CT molecular complexity index is 1480. The molecule has 0 amide bonds. The quantitative estimate of drug-likeness (QED) is 0.106. The van der Waals surface area contributed by atoms with Crippen LogP contribution < -0.4 is 20.5 Å². The van der Waals surface area contributed by atoms with Gasteiger partial charge in [0.25, 0.3) is 0 Å². The number of anilines is 1. The van der Waals surface area contributed by atoms with Gasteiger partial charge in [0.05, 0.1) is 24.6 Å². The first-order valence-corrected chi connectivity index (χ1v) is 12.7. The van der Waals surface area contributed by atoms with Crippen LogP contribution in [-0.4, -0.2) is 34.3 Å². The van der Waals surface area contributed by atoms with Crippen LogP contribution in [-0.2, 0) is 0 Å². The SMILES string of the molecule is CCOc1cc(OC(C)C)c(F)c(C(Nc2ccc(C(=N)N)cc2)c2ncc(-c3ccccc3C(C)=O)[nH]2)c1. The number of benzene rings is 3.